The van der Waals surface area contributed by atoms with Crippen molar-refractivity contribution in [2.45, 2.75) is 4.90 Å². The van der Waals surface area contributed by atoms with E-state index in [9.17, 15) is 13.8 Å². The van der Waals surface area contributed by atoms with E-state index in [4.69, 9.17) is 9.52 Å². The largest absolute Gasteiger partial charge is 0.478 e. The molecule has 2 aromatic carbocycles. The monoisotopic (exact) mass is 357 g/mol. The Morgan fingerprint density at radius 2 is 1.82 bits per heavy atom. The van der Waals surface area contributed by atoms with Gasteiger partial charge in [0.15, 0.2) is 0 Å². The fraction of sp³-hybridized carbons (Fsp3) is 0.0667. The van der Waals surface area contributed by atoms with E-state index in [0.29, 0.717) is 21.4 Å². The number of hydrogen-bond donors (Lipinski definition) is 1. The maximum Gasteiger partial charge on any atom is 0.335 e. The fourth-order valence-electron chi connectivity index (χ4n) is 2.15. The molecule has 0 bridgehead atoms. The number of carbonyl (C=O) groups is 1. The van der Waals surface area contributed by atoms with Crippen LogP contribution in [0.3, 0.4) is 0 Å². The second-order valence-corrected chi connectivity index (χ2v) is 5.94. The van der Waals surface area contributed by atoms with Crippen LogP contribution in [0.1, 0.15) is 10.4 Å². The predicted molar refractivity (Wildman–Crippen MR) is 79.3 cm³/mol. The first kappa shape index (κ1) is 16.4. The first-order valence-electron chi connectivity index (χ1n) is 6.05. The van der Waals surface area contributed by atoms with Crippen LogP contribution in [-0.2, 0) is 27.9 Å². The van der Waals surface area contributed by atoms with E-state index < -0.39 is 16.8 Å². The van der Waals surface area contributed by atoms with Gasteiger partial charge in [-0.2, -0.15) is 0 Å². The number of benzene rings is 2. The molecule has 1 unspecified atom stereocenters. The second-order valence-electron chi connectivity index (χ2n) is 4.56. The summed E-state index contributed by atoms with van der Waals surface area (Å²) in [7, 11) is -1.17. The van der Waals surface area contributed by atoms with E-state index >= 15 is 0 Å². The van der Waals surface area contributed by atoms with Gasteiger partial charge < -0.3 is 9.52 Å². The molecular formula is C15H10MnO5S. The normalized spacial score (nSPS) is 12.0. The Morgan fingerprint density at radius 1 is 1.09 bits per heavy atom. The molecule has 1 aromatic heterocycles. The summed E-state index contributed by atoms with van der Waals surface area (Å²) in [5, 5.41) is 9.53. The molecule has 0 spiro atoms. The minimum Gasteiger partial charge on any atom is -0.478 e. The Kier molecular flexibility index (Phi) is 4.51. The van der Waals surface area contributed by atoms with E-state index in [1.807, 2.05) is 0 Å². The molecule has 5 nitrogen and oxygen atoms in total. The summed E-state index contributed by atoms with van der Waals surface area (Å²) in [5.74, 6) is -1.10. The van der Waals surface area contributed by atoms with Crippen molar-refractivity contribution in [3.8, 4) is 0 Å². The van der Waals surface area contributed by atoms with Gasteiger partial charge in [0.05, 0.1) is 16.3 Å². The van der Waals surface area contributed by atoms with E-state index in [1.165, 1.54) is 18.2 Å². The Bertz CT molecular complexity index is 977. The van der Waals surface area contributed by atoms with Crippen LogP contribution in [0.15, 0.2) is 50.5 Å². The van der Waals surface area contributed by atoms with Crippen molar-refractivity contribution in [3.63, 3.8) is 0 Å². The van der Waals surface area contributed by atoms with Crippen molar-refractivity contribution in [3.05, 3.63) is 52.2 Å². The smallest absolute Gasteiger partial charge is 0.335 e. The van der Waals surface area contributed by atoms with Gasteiger partial charge in [-0.25, -0.2) is 4.79 Å². The molecule has 1 N–H and O–H groups in total. The van der Waals surface area contributed by atoms with E-state index in [2.05, 4.69) is 0 Å². The summed E-state index contributed by atoms with van der Waals surface area (Å²) in [6, 6.07) is 8.84. The van der Waals surface area contributed by atoms with Crippen LogP contribution in [-0.4, -0.2) is 21.5 Å². The standard InChI is InChI=1S/C15H10O5S.Mn/c1-21(19)9-3-4-10-13(7-9)20-12-5-2-8(15(17)18)6-11(12)14(10)16;/h2-7H,1H3,(H,17,18);. The zero-order valence-electron chi connectivity index (χ0n) is 11.3. The number of aromatic carboxylic acids is 1. The molecule has 1 heterocycles. The van der Waals surface area contributed by atoms with Crippen molar-refractivity contribution in [1.29, 1.82) is 0 Å². The summed E-state index contributed by atoms with van der Waals surface area (Å²) in [6.07, 6.45) is 1.54. The molecule has 0 amide bonds. The summed E-state index contributed by atoms with van der Waals surface area (Å²) in [6.45, 7) is 0. The molecule has 3 rings (SSSR count). The van der Waals surface area contributed by atoms with Crippen LogP contribution in [0.4, 0.5) is 0 Å². The molecule has 0 aliphatic carbocycles. The van der Waals surface area contributed by atoms with Gasteiger partial charge in [-0.1, -0.05) is 0 Å². The van der Waals surface area contributed by atoms with Gasteiger partial charge in [-0.3, -0.25) is 9.00 Å². The third-order valence-corrected chi connectivity index (χ3v) is 4.14. The van der Waals surface area contributed by atoms with E-state index in [0.717, 1.165) is 0 Å². The minimum absolute atomic E-state index is 0. The van der Waals surface area contributed by atoms with Gasteiger partial charge in [0.1, 0.15) is 11.2 Å². The molecule has 0 aliphatic rings. The zero-order chi connectivity index (χ0) is 15.1. The number of fused-ring (bicyclic) bond motifs is 2. The predicted octanol–water partition coefficient (Wildman–Crippen LogP) is 2.38. The molecule has 1 radical (unpaired) electrons. The van der Waals surface area contributed by atoms with Gasteiger partial charge in [0.25, 0.3) is 0 Å². The average Bonchev–Trinajstić information content (AvgIpc) is 2.46. The summed E-state index contributed by atoms with van der Waals surface area (Å²) in [4.78, 5) is 23.9. The van der Waals surface area contributed by atoms with Crippen LogP contribution in [0.5, 0.6) is 0 Å². The number of hydrogen-bond acceptors (Lipinski definition) is 4. The van der Waals surface area contributed by atoms with Gasteiger partial charge in [0.2, 0.25) is 5.43 Å². The number of carboxylic acid groups (broad SMARTS) is 1. The summed E-state index contributed by atoms with van der Waals surface area (Å²) in [5.41, 5.74) is 0.364. The van der Waals surface area contributed by atoms with Gasteiger partial charge >= 0.3 is 5.97 Å². The second kappa shape index (κ2) is 6.04. The maximum atomic E-state index is 12.4. The van der Waals surface area contributed by atoms with Crippen molar-refractivity contribution in [1.82, 2.24) is 0 Å². The molecule has 0 saturated heterocycles. The van der Waals surface area contributed by atoms with Gasteiger partial charge in [-0.15, -0.1) is 0 Å². The molecule has 0 saturated carbocycles. The van der Waals surface area contributed by atoms with Crippen molar-refractivity contribution in [2.24, 2.45) is 0 Å². The molecule has 113 valence electrons. The minimum atomic E-state index is -1.17. The fourth-order valence-corrected chi connectivity index (χ4v) is 2.68. The Hall–Kier alpha value is -1.95. The quantitative estimate of drug-likeness (QED) is 0.562. The van der Waals surface area contributed by atoms with Gasteiger partial charge in [0, 0.05) is 39.0 Å². The van der Waals surface area contributed by atoms with Crippen molar-refractivity contribution in [2.75, 3.05) is 6.26 Å². The van der Waals surface area contributed by atoms with Crippen molar-refractivity contribution >= 4 is 38.7 Å². The maximum absolute atomic E-state index is 12.4. The topological polar surface area (TPSA) is 84.6 Å². The Morgan fingerprint density at radius 3 is 2.45 bits per heavy atom. The van der Waals surface area contributed by atoms with E-state index in [1.54, 1.807) is 24.5 Å². The van der Waals surface area contributed by atoms with Crippen LogP contribution >= 0.6 is 0 Å². The third kappa shape index (κ3) is 2.70. The zero-order valence-corrected chi connectivity index (χ0v) is 13.3. The molecule has 1 atom stereocenters. The molecule has 22 heavy (non-hydrogen) atoms. The summed E-state index contributed by atoms with van der Waals surface area (Å²) < 4.78 is 17.1. The van der Waals surface area contributed by atoms with E-state index in [-0.39, 0.29) is 33.4 Å². The molecular weight excluding hydrogens is 347 g/mol. The Balaban J connectivity index is 0.00000176. The Labute approximate surface area is 137 Å². The first-order valence-corrected chi connectivity index (χ1v) is 7.60. The number of rotatable bonds is 2. The third-order valence-electron chi connectivity index (χ3n) is 3.22. The van der Waals surface area contributed by atoms with Crippen LogP contribution in [0, 0.1) is 0 Å². The molecule has 3 aromatic rings. The van der Waals surface area contributed by atoms with Crippen LogP contribution < -0.4 is 5.43 Å². The van der Waals surface area contributed by atoms with Crippen LogP contribution in [0.25, 0.3) is 21.9 Å². The molecule has 7 heteroatoms. The number of carboxylic acids is 1. The molecule has 0 fully saturated rings. The van der Waals surface area contributed by atoms with Gasteiger partial charge in [-0.05, 0) is 36.4 Å². The van der Waals surface area contributed by atoms with Crippen molar-refractivity contribution < 1.29 is 35.6 Å². The SMILES string of the molecule is CS(=O)c1ccc2c(=O)c3cc(C(=O)O)ccc3oc2c1.[Mn]. The molecule has 0 aliphatic heterocycles. The first-order chi connectivity index (χ1) is 9.97. The summed E-state index contributed by atoms with van der Waals surface area (Å²) >= 11 is 0. The average molecular weight is 357 g/mol. The van der Waals surface area contributed by atoms with Crippen LogP contribution in [0.2, 0.25) is 0 Å².